The topological polar surface area (TPSA) is 95.1 Å². The minimum atomic E-state index is -0.849. The highest BCUT2D eigenvalue weighted by Gasteiger charge is 2.34. The number of rotatable bonds is 4. The van der Waals surface area contributed by atoms with Crippen LogP contribution < -0.4 is 5.32 Å². The molecule has 6 heteroatoms. The van der Waals surface area contributed by atoms with Crippen LogP contribution in [0.5, 0.6) is 0 Å². The van der Waals surface area contributed by atoms with Crippen molar-refractivity contribution in [1.82, 2.24) is 15.5 Å². The number of hydrogen-bond donors (Lipinski definition) is 3. The molecule has 1 amide bonds. The molecule has 1 saturated carbocycles. The average Bonchev–Trinajstić information content (AvgIpc) is 3.16. The lowest BCUT2D eigenvalue weighted by atomic mass is 10.0. The number of hydrogen-bond acceptors (Lipinski definition) is 3. The maximum Gasteiger partial charge on any atom is 0.308 e. The summed E-state index contributed by atoms with van der Waals surface area (Å²) in [4.78, 5) is 23.5. The van der Waals surface area contributed by atoms with Crippen molar-refractivity contribution in [1.29, 1.82) is 0 Å². The second kappa shape index (κ2) is 6.24. The first kappa shape index (κ1) is 15.3. The van der Waals surface area contributed by atoms with Gasteiger partial charge in [-0.1, -0.05) is 36.2 Å². The summed E-state index contributed by atoms with van der Waals surface area (Å²) in [5, 5.41) is 18.9. The predicted octanol–water partition coefficient (Wildman–Crippen LogP) is 2.37. The Hall–Kier alpha value is -2.63. The van der Waals surface area contributed by atoms with E-state index >= 15 is 0 Å². The van der Waals surface area contributed by atoms with E-state index in [1.807, 2.05) is 31.2 Å². The van der Waals surface area contributed by atoms with E-state index in [-0.39, 0.29) is 11.9 Å². The summed E-state index contributed by atoms with van der Waals surface area (Å²) in [6.45, 7) is 2.01. The molecule has 0 bridgehead atoms. The molecule has 2 aromatic rings. The van der Waals surface area contributed by atoms with Gasteiger partial charge in [0.1, 0.15) is 5.69 Å². The molecular weight excluding hydrogens is 294 g/mol. The van der Waals surface area contributed by atoms with Gasteiger partial charge in [0, 0.05) is 11.6 Å². The molecule has 3 N–H and O–H groups in total. The molecule has 0 radical (unpaired) electrons. The predicted molar refractivity (Wildman–Crippen MR) is 85.0 cm³/mol. The summed E-state index contributed by atoms with van der Waals surface area (Å²) in [6.07, 6.45) is 2.12. The Bertz CT molecular complexity index is 721. The van der Waals surface area contributed by atoms with Gasteiger partial charge in [0.25, 0.3) is 5.91 Å². The molecule has 0 saturated heterocycles. The third-order valence-corrected chi connectivity index (χ3v) is 4.32. The second-order valence-corrected chi connectivity index (χ2v) is 5.99. The molecule has 1 aromatic heterocycles. The van der Waals surface area contributed by atoms with Gasteiger partial charge in [-0.05, 0) is 25.8 Å². The lowest BCUT2D eigenvalue weighted by Gasteiger charge is -2.16. The number of aryl methyl sites for hydroxylation is 1. The fourth-order valence-corrected chi connectivity index (χ4v) is 2.98. The van der Waals surface area contributed by atoms with Gasteiger partial charge in [0.2, 0.25) is 0 Å². The Morgan fingerprint density at radius 2 is 2.00 bits per heavy atom. The standard InChI is InChI=1S/C17H19N3O3/c1-10-5-7-11(8-6-10)14-9-15(20-19-14)16(21)18-13-4-2-3-12(13)17(22)23/h5-9,12-13H,2-4H2,1H3,(H,18,21)(H,19,20)(H,22,23)/t12-,13+/m0/s1. The van der Waals surface area contributed by atoms with Crippen LogP contribution in [0.3, 0.4) is 0 Å². The van der Waals surface area contributed by atoms with Crippen molar-refractivity contribution in [3.8, 4) is 11.3 Å². The lowest BCUT2D eigenvalue weighted by Crippen LogP contribution is -2.40. The minimum absolute atomic E-state index is 0.311. The van der Waals surface area contributed by atoms with Crippen molar-refractivity contribution >= 4 is 11.9 Å². The quantitative estimate of drug-likeness (QED) is 0.807. The molecule has 1 heterocycles. The highest BCUT2D eigenvalue weighted by molar-refractivity contribution is 5.94. The van der Waals surface area contributed by atoms with Crippen LogP contribution in [-0.4, -0.2) is 33.2 Å². The summed E-state index contributed by atoms with van der Waals surface area (Å²) in [5.74, 6) is -1.66. The zero-order valence-electron chi connectivity index (χ0n) is 12.9. The molecule has 23 heavy (non-hydrogen) atoms. The van der Waals surface area contributed by atoms with E-state index in [1.165, 1.54) is 0 Å². The number of nitrogens with zero attached hydrogens (tertiary/aromatic N) is 1. The molecule has 0 unspecified atom stereocenters. The molecule has 1 fully saturated rings. The Morgan fingerprint density at radius 3 is 2.70 bits per heavy atom. The monoisotopic (exact) mass is 313 g/mol. The molecule has 1 aliphatic rings. The van der Waals surface area contributed by atoms with Gasteiger partial charge in [0.15, 0.2) is 0 Å². The number of benzene rings is 1. The van der Waals surface area contributed by atoms with Gasteiger partial charge in [-0.3, -0.25) is 14.7 Å². The van der Waals surface area contributed by atoms with E-state index in [0.29, 0.717) is 24.2 Å². The number of aliphatic carboxylic acids is 1. The Labute approximate surface area is 133 Å². The summed E-state index contributed by atoms with van der Waals surface area (Å²) < 4.78 is 0. The Balaban J connectivity index is 1.71. The number of aromatic amines is 1. The average molecular weight is 313 g/mol. The molecule has 3 rings (SSSR count). The number of carbonyl (C=O) groups excluding carboxylic acids is 1. The summed E-state index contributed by atoms with van der Waals surface area (Å²) >= 11 is 0. The van der Waals surface area contributed by atoms with E-state index < -0.39 is 11.9 Å². The van der Waals surface area contributed by atoms with Crippen molar-refractivity contribution in [3.05, 3.63) is 41.6 Å². The number of carboxylic acid groups (broad SMARTS) is 1. The van der Waals surface area contributed by atoms with E-state index in [1.54, 1.807) is 6.07 Å². The molecule has 0 spiro atoms. The van der Waals surface area contributed by atoms with Crippen LogP contribution in [-0.2, 0) is 4.79 Å². The lowest BCUT2D eigenvalue weighted by molar-refractivity contribution is -0.142. The van der Waals surface area contributed by atoms with Crippen LogP contribution in [0.2, 0.25) is 0 Å². The fraction of sp³-hybridized carbons (Fsp3) is 0.353. The number of carbonyl (C=O) groups is 2. The van der Waals surface area contributed by atoms with Gasteiger partial charge in [0.05, 0.1) is 11.6 Å². The molecular formula is C17H19N3O3. The zero-order chi connectivity index (χ0) is 16.4. The first-order valence-electron chi connectivity index (χ1n) is 7.70. The van der Waals surface area contributed by atoms with Crippen LogP contribution in [0, 0.1) is 12.8 Å². The molecule has 120 valence electrons. The van der Waals surface area contributed by atoms with E-state index in [9.17, 15) is 14.7 Å². The summed E-state index contributed by atoms with van der Waals surface area (Å²) in [7, 11) is 0. The number of aromatic nitrogens is 2. The smallest absolute Gasteiger partial charge is 0.308 e. The first-order chi connectivity index (χ1) is 11.0. The third-order valence-electron chi connectivity index (χ3n) is 4.32. The van der Waals surface area contributed by atoms with E-state index in [4.69, 9.17) is 0 Å². The van der Waals surface area contributed by atoms with Crippen LogP contribution in [0.1, 0.15) is 35.3 Å². The molecule has 2 atom stereocenters. The summed E-state index contributed by atoms with van der Waals surface area (Å²) in [6, 6.07) is 9.24. The SMILES string of the molecule is Cc1ccc(-c2cc(C(=O)N[C@@H]3CCC[C@@H]3C(=O)O)[nH]n2)cc1. The van der Waals surface area contributed by atoms with Crippen molar-refractivity contribution < 1.29 is 14.7 Å². The second-order valence-electron chi connectivity index (χ2n) is 5.99. The molecule has 0 aliphatic heterocycles. The van der Waals surface area contributed by atoms with Crippen LogP contribution in [0.25, 0.3) is 11.3 Å². The zero-order valence-corrected chi connectivity index (χ0v) is 12.9. The largest absolute Gasteiger partial charge is 0.481 e. The van der Waals surface area contributed by atoms with E-state index in [2.05, 4.69) is 15.5 Å². The number of amides is 1. The van der Waals surface area contributed by atoms with Crippen LogP contribution in [0.15, 0.2) is 30.3 Å². The Morgan fingerprint density at radius 1 is 1.26 bits per heavy atom. The van der Waals surface area contributed by atoms with Crippen LogP contribution >= 0.6 is 0 Å². The van der Waals surface area contributed by atoms with Crippen molar-refractivity contribution in [2.75, 3.05) is 0 Å². The van der Waals surface area contributed by atoms with Gasteiger partial charge < -0.3 is 10.4 Å². The van der Waals surface area contributed by atoms with Gasteiger partial charge in [-0.15, -0.1) is 0 Å². The maximum atomic E-state index is 12.3. The molecule has 6 nitrogen and oxygen atoms in total. The summed E-state index contributed by atoms with van der Waals surface area (Å²) in [5.41, 5.74) is 3.12. The van der Waals surface area contributed by atoms with Gasteiger partial charge in [-0.2, -0.15) is 5.10 Å². The van der Waals surface area contributed by atoms with Crippen molar-refractivity contribution in [2.45, 2.75) is 32.2 Å². The molecule has 1 aliphatic carbocycles. The van der Waals surface area contributed by atoms with Gasteiger partial charge in [-0.25, -0.2) is 0 Å². The highest BCUT2D eigenvalue weighted by atomic mass is 16.4. The fourth-order valence-electron chi connectivity index (χ4n) is 2.98. The number of H-pyrrole nitrogens is 1. The van der Waals surface area contributed by atoms with Crippen LogP contribution in [0.4, 0.5) is 0 Å². The maximum absolute atomic E-state index is 12.3. The van der Waals surface area contributed by atoms with Crippen molar-refractivity contribution in [3.63, 3.8) is 0 Å². The first-order valence-corrected chi connectivity index (χ1v) is 7.70. The third kappa shape index (κ3) is 3.26. The Kier molecular flexibility index (Phi) is 4.14. The number of carboxylic acids is 1. The number of nitrogens with one attached hydrogen (secondary N) is 2. The van der Waals surface area contributed by atoms with E-state index in [0.717, 1.165) is 17.5 Å². The minimum Gasteiger partial charge on any atom is -0.481 e. The highest BCUT2D eigenvalue weighted by Crippen LogP contribution is 2.26. The molecule has 1 aromatic carbocycles. The van der Waals surface area contributed by atoms with Gasteiger partial charge >= 0.3 is 5.97 Å². The van der Waals surface area contributed by atoms with Crippen molar-refractivity contribution in [2.24, 2.45) is 5.92 Å². The normalized spacial score (nSPS) is 20.4.